The summed E-state index contributed by atoms with van der Waals surface area (Å²) in [5.74, 6) is 0.512. The third kappa shape index (κ3) is 2.32. The minimum absolute atomic E-state index is 0.619. The van der Waals surface area contributed by atoms with Crippen LogP contribution in [0, 0.1) is 0 Å². The van der Waals surface area contributed by atoms with E-state index in [0.29, 0.717) is 11.3 Å². The molecule has 1 aromatic carbocycles. The Balaban J connectivity index is 3.25. The van der Waals surface area contributed by atoms with Gasteiger partial charge in [-0.1, -0.05) is 25.1 Å². The first kappa shape index (κ1) is 12.9. The van der Waals surface area contributed by atoms with Gasteiger partial charge >= 0.3 is 5.97 Å². The van der Waals surface area contributed by atoms with E-state index in [0.717, 1.165) is 5.75 Å². The van der Waals surface area contributed by atoms with Gasteiger partial charge in [-0.2, -0.15) is 0 Å². The highest BCUT2D eigenvalue weighted by atomic mass is 32.2. The van der Waals surface area contributed by atoms with E-state index in [4.69, 9.17) is 4.74 Å². The summed E-state index contributed by atoms with van der Waals surface area (Å²) in [6.07, 6.45) is 0. The molecule has 0 amide bonds. The fourth-order valence-electron chi connectivity index (χ4n) is 1.58. The molecule has 0 spiro atoms. The van der Waals surface area contributed by atoms with Crippen LogP contribution in [0.25, 0.3) is 0 Å². The van der Waals surface area contributed by atoms with Gasteiger partial charge in [-0.3, -0.25) is 4.79 Å². The summed E-state index contributed by atoms with van der Waals surface area (Å²) in [5, 5.41) is 9.36. The molecule has 0 fully saturated rings. The van der Waals surface area contributed by atoms with Crippen LogP contribution in [0.1, 0.15) is 19.4 Å². The monoisotopic (exact) mass is 240 g/mol. The van der Waals surface area contributed by atoms with Gasteiger partial charge in [0, 0.05) is 5.56 Å². The zero-order chi connectivity index (χ0) is 12.2. The highest BCUT2D eigenvalue weighted by molar-refractivity contribution is 8.00. The number of hydrogen-bond donors (Lipinski definition) is 1. The molecule has 1 atom stereocenters. The lowest BCUT2D eigenvalue weighted by atomic mass is 9.99. The Morgan fingerprint density at radius 2 is 2.12 bits per heavy atom. The molecule has 3 nitrogen and oxygen atoms in total. The van der Waals surface area contributed by atoms with E-state index in [2.05, 4.69) is 0 Å². The molecule has 0 radical (unpaired) electrons. The summed E-state index contributed by atoms with van der Waals surface area (Å²) in [7, 11) is 1.55. The lowest BCUT2D eigenvalue weighted by Crippen LogP contribution is -2.29. The summed E-state index contributed by atoms with van der Waals surface area (Å²) in [4.78, 5) is 11.4. The molecule has 1 N–H and O–H groups in total. The normalized spacial score (nSPS) is 14.2. The number of hydrogen-bond acceptors (Lipinski definition) is 3. The molecule has 0 bridgehead atoms. The molecule has 4 heteroatoms. The van der Waals surface area contributed by atoms with E-state index in [-0.39, 0.29) is 0 Å². The number of carboxylic acids is 1. The Kier molecular flexibility index (Phi) is 4.24. The smallest absolute Gasteiger partial charge is 0.324 e. The molecule has 16 heavy (non-hydrogen) atoms. The predicted octanol–water partition coefficient (Wildman–Crippen LogP) is 2.75. The summed E-state index contributed by atoms with van der Waals surface area (Å²) in [6.45, 7) is 3.66. The maximum atomic E-state index is 11.4. The molecule has 0 saturated heterocycles. The lowest BCUT2D eigenvalue weighted by molar-refractivity contribution is -0.139. The van der Waals surface area contributed by atoms with Crippen molar-refractivity contribution in [2.75, 3.05) is 12.9 Å². The molecular weight excluding hydrogens is 224 g/mol. The standard InChI is InChI=1S/C12H16O3S/c1-4-16-12(2,11(13)14)9-7-5-6-8-10(9)15-3/h5-8H,4H2,1-3H3,(H,13,14). The number of benzene rings is 1. The van der Waals surface area contributed by atoms with Crippen molar-refractivity contribution in [3.05, 3.63) is 29.8 Å². The van der Waals surface area contributed by atoms with Gasteiger partial charge in [0.1, 0.15) is 10.5 Å². The van der Waals surface area contributed by atoms with E-state index >= 15 is 0 Å². The van der Waals surface area contributed by atoms with Crippen molar-refractivity contribution in [2.45, 2.75) is 18.6 Å². The van der Waals surface area contributed by atoms with Crippen LogP contribution >= 0.6 is 11.8 Å². The van der Waals surface area contributed by atoms with Crippen LogP contribution in [-0.2, 0) is 9.54 Å². The van der Waals surface area contributed by atoms with E-state index in [9.17, 15) is 9.90 Å². The summed E-state index contributed by atoms with van der Waals surface area (Å²) < 4.78 is 4.25. The van der Waals surface area contributed by atoms with Gasteiger partial charge in [0.25, 0.3) is 0 Å². The van der Waals surface area contributed by atoms with Crippen molar-refractivity contribution in [1.29, 1.82) is 0 Å². The van der Waals surface area contributed by atoms with E-state index in [1.807, 2.05) is 19.1 Å². The highest BCUT2D eigenvalue weighted by Crippen LogP contribution is 2.40. The quantitative estimate of drug-likeness (QED) is 0.859. The van der Waals surface area contributed by atoms with Gasteiger partial charge in [-0.05, 0) is 18.7 Å². The van der Waals surface area contributed by atoms with Gasteiger partial charge in [-0.15, -0.1) is 11.8 Å². The third-order valence-corrected chi connectivity index (χ3v) is 3.72. The van der Waals surface area contributed by atoms with Crippen molar-refractivity contribution in [2.24, 2.45) is 0 Å². The molecule has 0 aliphatic heterocycles. The second-order valence-electron chi connectivity index (χ2n) is 3.47. The Labute approximate surface area is 99.8 Å². The van der Waals surface area contributed by atoms with Gasteiger partial charge in [0.15, 0.2) is 0 Å². The summed E-state index contributed by atoms with van der Waals surface area (Å²) >= 11 is 1.39. The Hall–Kier alpha value is -1.16. The number of rotatable bonds is 5. The van der Waals surface area contributed by atoms with E-state index in [1.54, 1.807) is 26.2 Å². The van der Waals surface area contributed by atoms with Crippen LogP contribution in [0.3, 0.4) is 0 Å². The Morgan fingerprint density at radius 1 is 1.50 bits per heavy atom. The fourth-order valence-corrected chi connectivity index (χ4v) is 2.61. The summed E-state index contributed by atoms with van der Waals surface area (Å²) in [6, 6.07) is 7.25. The SMILES string of the molecule is CCSC(C)(C(=O)O)c1ccccc1OC. The minimum atomic E-state index is -0.957. The maximum absolute atomic E-state index is 11.4. The first-order valence-electron chi connectivity index (χ1n) is 5.07. The van der Waals surface area contributed by atoms with Crippen LogP contribution in [-0.4, -0.2) is 23.9 Å². The number of carboxylic acid groups (broad SMARTS) is 1. The molecule has 0 aliphatic rings. The average molecular weight is 240 g/mol. The number of para-hydroxylation sites is 1. The van der Waals surface area contributed by atoms with Gasteiger partial charge in [0.05, 0.1) is 7.11 Å². The van der Waals surface area contributed by atoms with Crippen LogP contribution in [0.4, 0.5) is 0 Å². The van der Waals surface area contributed by atoms with Crippen LogP contribution < -0.4 is 4.74 Å². The molecule has 0 aliphatic carbocycles. The molecule has 88 valence electrons. The first-order valence-corrected chi connectivity index (χ1v) is 6.05. The van der Waals surface area contributed by atoms with Gasteiger partial charge in [-0.25, -0.2) is 0 Å². The third-order valence-electron chi connectivity index (χ3n) is 2.46. The van der Waals surface area contributed by atoms with Crippen LogP contribution in [0.2, 0.25) is 0 Å². The van der Waals surface area contributed by atoms with E-state index in [1.165, 1.54) is 11.8 Å². The zero-order valence-corrected chi connectivity index (χ0v) is 10.5. The van der Waals surface area contributed by atoms with Crippen molar-refractivity contribution < 1.29 is 14.6 Å². The number of carbonyl (C=O) groups is 1. The minimum Gasteiger partial charge on any atom is -0.496 e. The van der Waals surface area contributed by atoms with Gasteiger partial charge in [0.2, 0.25) is 0 Å². The van der Waals surface area contributed by atoms with Gasteiger partial charge < -0.3 is 9.84 Å². The second-order valence-corrected chi connectivity index (χ2v) is 5.15. The molecular formula is C12H16O3S. The number of aliphatic carboxylic acids is 1. The number of ether oxygens (including phenoxy) is 1. The maximum Gasteiger partial charge on any atom is 0.324 e. The first-order chi connectivity index (χ1) is 7.56. The molecule has 0 aromatic heterocycles. The van der Waals surface area contributed by atoms with Crippen LogP contribution in [0.5, 0.6) is 5.75 Å². The Morgan fingerprint density at radius 3 is 2.62 bits per heavy atom. The lowest BCUT2D eigenvalue weighted by Gasteiger charge is -2.25. The topological polar surface area (TPSA) is 46.5 Å². The van der Waals surface area contributed by atoms with Crippen molar-refractivity contribution >= 4 is 17.7 Å². The van der Waals surface area contributed by atoms with Crippen LogP contribution in [0.15, 0.2) is 24.3 Å². The van der Waals surface area contributed by atoms with Crippen molar-refractivity contribution in [1.82, 2.24) is 0 Å². The Bertz CT molecular complexity index is 378. The highest BCUT2D eigenvalue weighted by Gasteiger charge is 2.37. The number of thioether (sulfide) groups is 1. The predicted molar refractivity (Wildman–Crippen MR) is 66.1 cm³/mol. The fraction of sp³-hybridized carbons (Fsp3) is 0.417. The number of methoxy groups -OCH3 is 1. The largest absolute Gasteiger partial charge is 0.496 e. The molecule has 1 rings (SSSR count). The van der Waals surface area contributed by atoms with Crippen molar-refractivity contribution in [3.63, 3.8) is 0 Å². The molecule has 0 heterocycles. The average Bonchev–Trinajstić information content (AvgIpc) is 2.29. The second kappa shape index (κ2) is 5.25. The van der Waals surface area contributed by atoms with E-state index < -0.39 is 10.7 Å². The summed E-state index contributed by atoms with van der Waals surface area (Å²) in [5.41, 5.74) is 0.705. The van der Waals surface area contributed by atoms with Crippen molar-refractivity contribution in [3.8, 4) is 5.75 Å². The molecule has 1 unspecified atom stereocenters. The molecule has 1 aromatic rings. The zero-order valence-electron chi connectivity index (χ0n) is 9.69. The molecule has 0 saturated carbocycles.